The fraction of sp³-hybridized carbons (Fsp3) is 0.118. The quantitative estimate of drug-likeness (QED) is 0.563. The summed E-state index contributed by atoms with van der Waals surface area (Å²) in [5, 5.41) is 10.7. The summed E-state index contributed by atoms with van der Waals surface area (Å²) in [4.78, 5) is 13.0. The van der Waals surface area contributed by atoms with Crippen LogP contribution in [0.15, 0.2) is 40.8 Å². The number of carbonyl (C=O) groups is 1. The van der Waals surface area contributed by atoms with Crippen LogP contribution in [0.1, 0.15) is 28.6 Å². The Balaban J connectivity index is 2.21. The zero-order valence-corrected chi connectivity index (χ0v) is 12.9. The number of hydrogen-bond donors (Lipinski definition) is 1. The maximum Gasteiger partial charge on any atom is 0.197 e. The molecule has 0 aliphatic rings. The number of ketones is 1. The topological polar surface area (TPSA) is 50.4 Å². The Bertz CT molecular complexity index is 858. The zero-order chi connectivity index (χ0) is 15.9. The van der Waals surface area contributed by atoms with Crippen LogP contribution in [0.5, 0.6) is 5.75 Å². The molecule has 0 saturated carbocycles. The first-order chi connectivity index (χ1) is 10.5. The van der Waals surface area contributed by atoms with Gasteiger partial charge < -0.3 is 9.52 Å². The van der Waals surface area contributed by atoms with Crippen molar-refractivity contribution in [1.29, 1.82) is 0 Å². The molecule has 0 saturated heterocycles. The van der Waals surface area contributed by atoms with Gasteiger partial charge >= 0.3 is 0 Å². The SMILES string of the molecule is Bc1cc(C(=O)c2c(CC)oc3ccccc23)cc(B)c1O. The first-order valence-corrected chi connectivity index (χ1v) is 7.38. The number of phenolic OH excluding ortho intramolecular Hbond substituents is 1. The fourth-order valence-electron chi connectivity index (χ4n) is 2.83. The summed E-state index contributed by atoms with van der Waals surface area (Å²) in [7, 11) is 3.60. The molecular formula is C17H16B2O3. The van der Waals surface area contributed by atoms with E-state index < -0.39 is 0 Å². The number of carbonyl (C=O) groups excluding carboxylic acids is 1. The van der Waals surface area contributed by atoms with Crippen molar-refractivity contribution >= 4 is 43.4 Å². The average molecular weight is 290 g/mol. The molecule has 3 rings (SSSR count). The summed E-state index contributed by atoms with van der Waals surface area (Å²) in [6.45, 7) is 1.97. The molecule has 0 radical (unpaired) electrons. The number of aryl methyl sites for hydroxylation is 1. The molecule has 0 aliphatic heterocycles. The van der Waals surface area contributed by atoms with Gasteiger partial charge in [0.05, 0.1) is 5.56 Å². The minimum absolute atomic E-state index is 0.0620. The Morgan fingerprint density at radius 2 is 1.82 bits per heavy atom. The molecule has 1 aromatic heterocycles. The van der Waals surface area contributed by atoms with Crippen molar-refractivity contribution in [3.8, 4) is 5.75 Å². The highest BCUT2D eigenvalue weighted by atomic mass is 16.3. The van der Waals surface area contributed by atoms with Gasteiger partial charge in [-0.3, -0.25) is 4.79 Å². The van der Waals surface area contributed by atoms with Crippen molar-refractivity contribution in [3.63, 3.8) is 0 Å². The van der Waals surface area contributed by atoms with Crippen LogP contribution in [0.4, 0.5) is 0 Å². The lowest BCUT2D eigenvalue weighted by atomic mass is 9.82. The molecule has 3 nitrogen and oxygen atoms in total. The number of phenols is 1. The number of rotatable bonds is 3. The van der Waals surface area contributed by atoms with E-state index >= 15 is 0 Å². The van der Waals surface area contributed by atoms with Gasteiger partial charge in [0.25, 0.3) is 0 Å². The third-order valence-corrected chi connectivity index (χ3v) is 3.97. The molecule has 5 heteroatoms. The predicted molar refractivity (Wildman–Crippen MR) is 93.5 cm³/mol. The second-order valence-corrected chi connectivity index (χ2v) is 5.54. The molecule has 0 amide bonds. The number of benzene rings is 2. The van der Waals surface area contributed by atoms with Gasteiger partial charge in [-0.15, -0.1) is 0 Å². The van der Waals surface area contributed by atoms with Crippen LogP contribution in [0.25, 0.3) is 11.0 Å². The van der Waals surface area contributed by atoms with Crippen LogP contribution < -0.4 is 10.9 Å². The van der Waals surface area contributed by atoms with Crippen molar-refractivity contribution in [3.05, 3.63) is 53.3 Å². The molecule has 108 valence electrons. The van der Waals surface area contributed by atoms with Gasteiger partial charge in [-0.25, -0.2) is 0 Å². The van der Waals surface area contributed by atoms with E-state index in [1.165, 1.54) is 0 Å². The van der Waals surface area contributed by atoms with Crippen LogP contribution in [-0.4, -0.2) is 26.6 Å². The first-order valence-electron chi connectivity index (χ1n) is 7.38. The van der Waals surface area contributed by atoms with Crippen molar-refractivity contribution in [2.24, 2.45) is 0 Å². The molecule has 1 heterocycles. The lowest BCUT2D eigenvalue weighted by Gasteiger charge is -2.08. The largest absolute Gasteiger partial charge is 0.509 e. The van der Waals surface area contributed by atoms with Gasteiger partial charge in [0.2, 0.25) is 0 Å². The van der Waals surface area contributed by atoms with Crippen LogP contribution in [0, 0.1) is 0 Å². The summed E-state index contributed by atoms with van der Waals surface area (Å²) in [5.41, 5.74) is 3.34. The van der Waals surface area contributed by atoms with E-state index in [4.69, 9.17) is 4.42 Å². The molecule has 22 heavy (non-hydrogen) atoms. The molecule has 1 N–H and O–H groups in total. The lowest BCUT2D eigenvalue weighted by Crippen LogP contribution is -2.19. The number of para-hydroxylation sites is 1. The van der Waals surface area contributed by atoms with Gasteiger partial charge in [-0.1, -0.05) is 37.3 Å². The Labute approximate surface area is 130 Å². The van der Waals surface area contributed by atoms with Crippen molar-refractivity contribution in [2.45, 2.75) is 13.3 Å². The first kappa shape index (κ1) is 14.5. The molecule has 0 spiro atoms. The average Bonchev–Trinajstić information content (AvgIpc) is 2.89. The van der Waals surface area contributed by atoms with E-state index in [0.717, 1.165) is 11.0 Å². The van der Waals surface area contributed by atoms with Gasteiger partial charge in [-0.05, 0) is 17.0 Å². The highest BCUT2D eigenvalue weighted by Crippen LogP contribution is 2.28. The Morgan fingerprint density at radius 1 is 1.18 bits per heavy atom. The molecule has 0 fully saturated rings. The summed E-state index contributed by atoms with van der Waals surface area (Å²) >= 11 is 0. The molecule has 0 unspecified atom stereocenters. The lowest BCUT2D eigenvalue weighted by molar-refractivity contribution is 0.103. The Hall–Kier alpha value is -2.42. The highest BCUT2D eigenvalue weighted by molar-refractivity contribution is 6.42. The normalized spacial score (nSPS) is 11.0. The van der Waals surface area contributed by atoms with Gasteiger partial charge in [0, 0.05) is 17.4 Å². The molecule has 0 aliphatic carbocycles. The third kappa shape index (κ3) is 2.23. The monoisotopic (exact) mass is 290 g/mol. The maximum absolute atomic E-state index is 13.0. The molecule has 3 aromatic rings. The van der Waals surface area contributed by atoms with E-state index in [1.54, 1.807) is 27.8 Å². The van der Waals surface area contributed by atoms with Gasteiger partial charge in [-0.2, -0.15) is 0 Å². The fourth-order valence-corrected chi connectivity index (χ4v) is 2.83. The minimum atomic E-state index is -0.0620. The molecule has 0 bridgehead atoms. The Kier molecular flexibility index (Phi) is 3.57. The van der Waals surface area contributed by atoms with Crippen molar-refractivity contribution < 1.29 is 14.3 Å². The summed E-state index contributed by atoms with van der Waals surface area (Å²) < 4.78 is 5.80. The number of fused-ring (bicyclic) bond motifs is 1. The van der Waals surface area contributed by atoms with Gasteiger partial charge in [0.1, 0.15) is 32.8 Å². The molecule has 0 atom stereocenters. The number of furan rings is 1. The standard InChI is InChI=1S/C17H16B2O3/c1-2-13-15(10-5-3-4-6-14(10)22-13)16(20)9-7-11(18)17(21)12(19)8-9/h3-8,21H,2,18-19H2,1H3. The molecular weight excluding hydrogens is 274 g/mol. The zero-order valence-electron chi connectivity index (χ0n) is 12.9. The maximum atomic E-state index is 13.0. The van der Waals surface area contributed by atoms with Crippen LogP contribution in [0.2, 0.25) is 0 Å². The Morgan fingerprint density at radius 3 is 2.45 bits per heavy atom. The van der Waals surface area contributed by atoms with Crippen molar-refractivity contribution in [2.75, 3.05) is 0 Å². The summed E-state index contributed by atoms with van der Waals surface area (Å²) in [6, 6.07) is 11.0. The second-order valence-electron chi connectivity index (χ2n) is 5.54. The minimum Gasteiger partial charge on any atom is -0.509 e. The summed E-state index contributed by atoms with van der Waals surface area (Å²) in [5.74, 6) is 0.881. The number of aromatic hydroxyl groups is 1. The number of hydrogen-bond acceptors (Lipinski definition) is 3. The highest BCUT2D eigenvalue weighted by Gasteiger charge is 2.21. The smallest absolute Gasteiger partial charge is 0.197 e. The van der Waals surface area contributed by atoms with E-state index in [1.807, 2.05) is 31.2 Å². The van der Waals surface area contributed by atoms with Crippen LogP contribution >= 0.6 is 0 Å². The predicted octanol–water partition coefficient (Wildman–Crippen LogP) is 0.449. The third-order valence-electron chi connectivity index (χ3n) is 3.97. The van der Waals surface area contributed by atoms with Gasteiger partial charge in [0.15, 0.2) is 5.78 Å². The van der Waals surface area contributed by atoms with Crippen molar-refractivity contribution in [1.82, 2.24) is 0 Å². The van der Waals surface area contributed by atoms with E-state index in [-0.39, 0.29) is 11.5 Å². The second kappa shape index (κ2) is 5.41. The van der Waals surface area contributed by atoms with E-state index in [0.29, 0.717) is 34.2 Å². The van der Waals surface area contributed by atoms with E-state index in [2.05, 4.69) is 0 Å². The summed E-state index contributed by atoms with van der Waals surface area (Å²) in [6.07, 6.45) is 0.659. The van der Waals surface area contributed by atoms with Crippen LogP contribution in [-0.2, 0) is 6.42 Å². The molecule has 2 aromatic carbocycles. The van der Waals surface area contributed by atoms with Crippen LogP contribution in [0.3, 0.4) is 0 Å². The van der Waals surface area contributed by atoms with E-state index in [9.17, 15) is 9.90 Å².